The number of ether oxygens (including phenoxy) is 1. The minimum absolute atomic E-state index is 0.0819. The van der Waals surface area contributed by atoms with E-state index < -0.39 is 0 Å². The smallest absolute Gasteiger partial charge is 0.252 e. The van der Waals surface area contributed by atoms with Crippen LogP contribution in [0.1, 0.15) is 28.1 Å². The van der Waals surface area contributed by atoms with E-state index in [0.29, 0.717) is 31.7 Å². The Bertz CT molecular complexity index is 1530. The Morgan fingerprint density at radius 3 is 2.51 bits per heavy atom. The van der Waals surface area contributed by atoms with E-state index in [-0.39, 0.29) is 5.56 Å². The zero-order chi connectivity index (χ0) is 25.6. The van der Waals surface area contributed by atoms with E-state index in [4.69, 9.17) is 4.74 Å². The number of tetrazole rings is 1. The lowest BCUT2D eigenvalue weighted by atomic mass is 10.1. The number of aromatic nitrogens is 5. The van der Waals surface area contributed by atoms with Crippen LogP contribution in [-0.4, -0.2) is 37.2 Å². The summed E-state index contributed by atoms with van der Waals surface area (Å²) >= 11 is 0. The van der Waals surface area contributed by atoms with Crippen LogP contribution in [0.15, 0.2) is 83.7 Å². The maximum Gasteiger partial charge on any atom is 0.252 e. The number of aryl methyl sites for hydroxylation is 3. The third-order valence-corrected chi connectivity index (χ3v) is 6.46. The second-order valence-electron chi connectivity index (χ2n) is 9.26. The van der Waals surface area contributed by atoms with Crippen molar-refractivity contribution in [3.8, 4) is 5.75 Å². The van der Waals surface area contributed by atoms with Crippen molar-refractivity contribution in [1.29, 1.82) is 0 Å². The Kier molecular flexibility index (Phi) is 7.37. The van der Waals surface area contributed by atoms with E-state index in [1.165, 1.54) is 5.56 Å². The topological polar surface area (TPSA) is 88.9 Å². The fraction of sp³-hybridized carbons (Fsp3) is 0.241. The molecule has 0 aliphatic carbocycles. The molecule has 2 aromatic heterocycles. The van der Waals surface area contributed by atoms with Crippen molar-refractivity contribution >= 4 is 10.9 Å². The molecule has 0 amide bonds. The molecule has 0 bridgehead atoms. The van der Waals surface area contributed by atoms with Crippen LogP contribution in [0.5, 0.6) is 5.75 Å². The molecule has 8 nitrogen and oxygen atoms in total. The van der Waals surface area contributed by atoms with E-state index in [2.05, 4.69) is 43.6 Å². The van der Waals surface area contributed by atoms with Gasteiger partial charge in [-0.15, -0.1) is 5.10 Å². The zero-order valence-electron chi connectivity index (χ0n) is 21.1. The van der Waals surface area contributed by atoms with Crippen molar-refractivity contribution in [2.75, 3.05) is 7.11 Å². The maximum atomic E-state index is 13.0. The molecule has 0 radical (unpaired) electrons. The molecular weight excluding hydrogens is 464 g/mol. The van der Waals surface area contributed by atoms with Gasteiger partial charge in [-0.25, -0.2) is 4.68 Å². The standard InChI is InChI=1S/C29H30N6O2/c1-21-8-11-24-17-25(29(36)30-27(24)16-21)19-34(18-23-9-12-26(37-2)13-10-23)20-28-31-32-33-35(28)15-14-22-6-4-3-5-7-22/h3-13,16-17H,14-15,18-20H2,1-2H3,(H,30,36). The molecule has 8 heteroatoms. The van der Waals surface area contributed by atoms with Crippen LogP contribution < -0.4 is 10.3 Å². The van der Waals surface area contributed by atoms with Gasteiger partial charge in [0, 0.05) is 30.7 Å². The number of benzene rings is 3. The highest BCUT2D eigenvalue weighted by atomic mass is 16.5. The molecule has 37 heavy (non-hydrogen) atoms. The molecule has 0 saturated carbocycles. The molecular formula is C29H30N6O2. The third kappa shape index (κ3) is 6.10. The number of hydrogen-bond acceptors (Lipinski definition) is 6. The van der Waals surface area contributed by atoms with E-state index in [0.717, 1.165) is 40.0 Å². The van der Waals surface area contributed by atoms with E-state index in [9.17, 15) is 4.79 Å². The van der Waals surface area contributed by atoms with Gasteiger partial charge in [0.25, 0.3) is 5.56 Å². The van der Waals surface area contributed by atoms with Crippen molar-refractivity contribution in [2.24, 2.45) is 0 Å². The number of hydrogen-bond donors (Lipinski definition) is 1. The molecule has 188 valence electrons. The van der Waals surface area contributed by atoms with Gasteiger partial charge in [-0.05, 0) is 70.1 Å². The molecule has 5 rings (SSSR count). The molecule has 5 aromatic rings. The highest BCUT2D eigenvalue weighted by Gasteiger charge is 2.16. The number of fused-ring (bicyclic) bond motifs is 1. The molecule has 0 aliphatic heterocycles. The molecule has 0 aliphatic rings. The Balaban J connectivity index is 1.40. The van der Waals surface area contributed by atoms with Crippen molar-refractivity contribution < 1.29 is 4.74 Å². The van der Waals surface area contributed by atoms with Gasteiger partial charge in [-0.1, -0.05) is 54.6 Å². The first-order chi connectivity index (χ1) is 18.1. The Labute approximate surface area is 215 Å². The summed E-state index contributed by atoms with van der Waals surface area (Å²) in [6, 6.07) is 26.3. The lowest BCUT2D eigenvalue weighted by Gasteiger charge is -2.22. The molecule has 0 saturated heterocycles. The van der Waals surface area contributed by atoms with Crippen LogP contribution in [0.3, 0.4) is 0 Å². The second-order valence-corrected chi connectivity index (χ2v) is 9.26. The number of methoxy groups -OCH3 is 1. The summed E-state index contributed by atoms with van der Waals surface area (Å²) in [5, 5.41) is 13.5. The number of pyridine rings is 1. The van der Waals surface area contributed by atoms with Crippen LogP contribution >= 0.6 is 0 Å². The summed E-state index contributed by atoms with van der Waals surface area (Å²) in [4.78, 5) is 18.2. The summed E-state index contributed by atoms with van der Waals surface area (Å²) < 4.78 is 7.16. The van der Waals surface area contributed by atoms with Crippen LogP contribution in [-0.2, 0) is 32.6 Å². The van der Waals surface area contributed by atoms with Crippen LogP contribution in [0.2, 0.25) is 0 Å². The predicted molar refractivity (Wildman–Crippen MR) is 143 cm³/mol. The van der Waals surface area contributed by atoms with Gasteiger partial charge in [-0.2, -0.15) is 0 Å². The average Bonchev–Trinajstić information content (AvgIpc) is 3.35. The van der Waals surface area contributed by atoms with Crippen LogP contribution in [0, 0.1) is 6.92 Å². The number of nitrogens with zero attached hydrogens (tertiary/aromatic N) is 5. The lowest BCUT2D eigenvalue weighted by Crippen LogP contribution is -2.28. The highest BCUT2D eigenvalue weighted by molar-refractivity contribution is 5.79. The molecule has 0 unspecified atom stereocenters. The Morgan fingerprint density at radius 2 is 1.73 bits per heavy atom. The molecule has 1 N–H and O–H groups in total. The fourth-order valence-corrected chi connectivity index (χ4v) is 4.47. The molecule has 0 fully saturated rings. The largest absolute Gasteiger partial charge is 0.497 e. The van der Waals surface area contributed by atoms with Gasteiger partial charge in [0.2, 0.25) is 0 Å². The minimum Gasteiger partial charge on any atom is -0.497 e. The van der Waals surface area contributed by atoms with E-state index in [1.54, 1.807) is 7.11 Å². The third-order valence-electron chi connectivity index (χ3n) is 6.46. The maximum absolute atomic E-state index is 13.0. The van der Waals surface area contributed by atoms with Gasteiger partial charge >= 0.3 is 0 Å². The number of H-pyrrole nitrogens is 1. The minimum atomic E-state index is -0.0819. The highest BCUT2D eigenvalue weighted by Crippen LogP contribution is 2.18. The first-order valence-electron chi connectivity index (χ1n) is 12.3. The van der Waals surface area contributed by atoms with Crippen LogP contribution in [0.25, 0.3) is 10.9 Å². The van der Waals surface area contributed by atoms with Gasteiger partial charge < -0.3 is 9.72 Å². The fourth-order valence-electron chi connectivity index (χ4n) is 4.47. The van der Waals surface area contributed by atoms with Crippen LogP contribution in [0.4, 0.5) is 0 Å². The number of nitrogens with one attached hydrogen (secondary N) is 1. The average molecular weight is 495 g/mol. The summed E-state index contributed by atoms with van der Waals surface area (Å²) in [7, 11) is 1.66. The summed E-state index contributed by atoms with van der Waals surface area (Å²) in [5.74, 6) is 1.57. The van der Waals surface area contributed by atoms with Crippen molar-refractivity contribution in [3.63, 3.8) is 0 Å². The lowest BCUT2D eigenvalue weighted by molar-refractivity contribution is 0.235. The number of rotatable bonds is 10. The van der Waals surface area contributed by atoms with Gasteiger partial charge in [0.05, 0.1) is 13.7 Å². The Hall–Kier alpha value is -4.30. The molecule has 0 atom stereocenters. The van der Waals surface area contributed by atoms with Crippen molar-refractivity contribution in [1.82, 2.24) is 30.1 Å². The second kappa shape index (κ2) is 11.2. The molecule has 2 heterocycles. The number of aromatic amines is 1. The SMILES string of the molecule is COc1ccc(CN(Cc2cc3ccc(C)cc3[nH]c2=O)Cc2nnnn2CCc2ccccc2)cc1. The quantitative estimate of drug-likeness (QED) is 0.312. The predicted octanol–water partition coefficient (Wildman–Crippen LogP) is 4.28. The van der Waals surface area contributed by atoms with Gasteiger partial charge in [0.15, 0.2) is 5.82 Å². The normalized spacial score (nSPS) is 11.3. The van der Waals surface area contributed by atoms with Crippen molar-refractivity contribution in [2.45, 2.75) is 39.5 Å². The van der Waals surface area contributed by atoms with Gasteiger partial charge in [-0.3, -0.25) is 9.69 Å². The monoisotopic (exact) mass is 494 g/mol. The van der Waals surface area contributed by atoms with Crippen molar-refractivity contribution in [3.05, 3.63) is 117 Å². The Morgan fingerprint density at radius 1 is 0.919 bits per heavy atom. The van der Waals surface area contributed by atoms with E-state index >= 15 is 0 Å². The first kappa shape index (κ1) is 24.4. The summed E-state index contributed by atoms with van der Waals surface area (Å²) in [6.45, 7) is 4.28. The van der Waals surface area contributed by atoms with E-state index in [1.807, 2.05) is 72.3 Å². The van der Waals surface area contributed by atoms with Gasteiger partial charge in [0.1, 0.15) is 5.75 Å². The first-order valence-corrected chi connectivity index (χ1v) is 12.3. The zero-order valence-corrected chi connectivity index (χ0v) is 21.1. The molecule has 0 spiro atoms. The summed E-state index contributed by atoms with van der Waals surface area (Å²) in [6.07, 6.45) is 0.834. The molecule has 3 aromatic carbocycles. The summed E-state index contributed by atoms with van der Waals surface area (Å²) in [5.41, 5.74) is 4.92.